The number of thiazole rings is 1. The quantitative estimate of drug-likeness (QED) is 0.850. The number of carbonyl (C=O) groups excluding carboxylic acids is 1. The van der Waals surface area contributed by atoms with E-state index in [9.17, 15) is 9.59 Å². The third-order valence-electron chi connectivity index (χ3n) is 2.12. The topological polar surface area (TPSA) is 92.4 Å². The van der Waals surface area contributed by atoms with Gasteiger partial charge in [0.25, 0.3) is 0 Å². The monoisotopic (exact) mass is 266 g/mol. The van der Waals surface area contributed by atoms with E-state index in [1.165, 1.54) is 11.6 Å². The van der Waals surface area contributed by atoms with Gasteiger partial charge in [0.15, 0.2) is 5.69 Å². The molecule has 2 rings (SSSR count). The summed E-state index contributed by atoms with van der Waals surface area (Å²) in [6.07, 6.45) is 1.60. The molecule has 2 aromatic rings. The Morgan fingerprint density at radius 2 is 2.33 bits per heavy atom. The Morgan fingerprint density at radius 1 is 1.50 bits per heavy atom. The van der Waals surface area contributed by atoms with Crippen molar-refractivity contribution < 1.29 is 19.1 Å². The number of nitrogens with one attached hydrogen (secondary N) is 1. The number of hydrogen-bond donors (Lipinski definition) is 2. The predicted molar refractivity (Wildman–Crippen MR) is 63.3 cm³/mol. The number of furan rings is 1. The number of rotatable bonds is 5. The molecule has 0 saturated carbocycles. The first-order valence-corrected chi connectivity index (χ1v) is 6.00. The maximum Gasteiger partial charge on any atom is 0.355 e. The molecule has 18 heavy (non-hydrogen) atoms. The van der Waals surface area contributed by atoms with Crippen LogP contribution in [0, 0.1) is 0 Å². The molecule has 0 aliphatic carbocycles. The van der Waals surface area contributed by atoms with Crippen LogP contribution in [0.15, 0.2) is 28.2 Å². The molecule has 0 saturated heterocycles. The normalized spacial score (nSPS) is 10.2. The van der Waals surface area contributed by atoms with E-state index in [0.717, 1.165) is 11.3 Å². The highest BCUT2D eigenvalue weighted by Gasteiger charge is 2.11. The molecular weight excluding hydrogens is 256 g/mol. The Morgan fingerprint density at radius 3 is 2.94 bits per heavy atom. The summed E-state index contributed by atoms with van der Waals surface area (Å²) in [5, 5.41) is 13.2. The zero-order valence-electron chi connectivity index (χ0n) is 9.25. The van der Waals surface area contributed by atoms with E-state index in [1.807, 2.05) is 0 Å². The second kappa shape index (κ2) is 5.46. The van der Waals surface area contributed by atoms with Crippen molar-refractivity contribution in [1.82, 2.24) is 10.3 Å². The Labute approximate surface area is 106 Å². The zero-order chi connectivity index (χ0) is 13.0. The first-order valence-electron chi connectivity index (χ1n) is 5.12. The molecule has 0 spiro atoms. The summed E-state index contributed by atoms with van der Waals surface area (Å²) in [6, 6.07) is 3.49. The van der Waals surface area contributed by atoms with Crippen molar-refractivity contribution in [3.05, 3.63) is 40.2 Å². The van der Waals surface area contributed by atoms with Crippen LogP contribution in [0.5, 0.6) is 0 Å². The van der Waals surface area contributed by atoms with Crippen molar-refractivity contribution in [2.24, 2.45) is 0 Å². The number of carbonyl (C=O) groups is 2. The molecule has 0 aromatic carbocycles. The van der Waals surface area contributed by atoms with Gasteiger partial charge in [0, 0.05) is 5.38 Å². The summed E-state index contributed by atoms with van der Waals surface area (Å²) in [5.41, 5.74) is -0.0335. The van der Waals surface area contributed by atoms with Gasteiger partial charge in [0.2, 0.25) is 5.91 Å². The van der Waals surface area contributed by atoms with E-state index in [0.29, 0.717) is 17.3 Å². The fraction of sp³-hybridized carbons (Fsp3) is 0.182. The van der Waals surface area contributed by atoms with Crippen molar-refractivity contribution in [3.63, 3.8) is 0 Å². The Bertz CT molecular complexity index is 547. The van der Waals surface area contributed by atoms with Crippen LogP contribution in [0.4, 0.5) is 0 Å². The van der Waals surface area contributed by atoms with E-state index in [2.05, 4.69) is 10.3 Å². The standard InChI is InChI=1S/C11H10N2O4S/c14-9(12-5-7-2-1-3-17-7)4-10-13-8(6-18-10)11(15)16/h1-3,6H,4-5H2,(H,12,14)(H,15,16). The van der Waals surface area contributed by atoms with Crippen LogP contribution in [-0.4, -0.2) is 22.0 Å². The van der Waals surface area contributed by atoms with Gasteiger partial charge in [-0.2, -0.15) is 0 Å². The van der Waals surface area contributed by atoms with E-state index in [-0.39, 0.29) is 18.0 Å². The number of aromatic nitrogens is 1. The van der Waals surface area contributed by atoms with E-state index in [1.54, 1.807) is 12.1 Å². The second-order valence-corrected chi connectivity index (χ2v) is 4.41. The summed E-state index contributed by atoms with van der Waals surface area (Å²) < 4.78 is 5.06. The molecule has 7 heteroatoms. The lowest BCUT2D eigenvalue weighted by Gasteiger charge is -2.00. The van der Waals surface area contributed by atoms with Crippen molar-refractivity contribution in [2.45, 2.75) is 13.0 Å². The summed E-state index contributed by atoms with van der Waals surface area (Å²) >= 11 is 1.15. The zero-order valence-corrected chi connectivity index (χ0v) is 10.1. The van der Waals surface area contributed by atoms with E-state index < -0.39 is 5.97 Å². The number of hydrogen-bond acceptors (Lipinski definition) is 5. The van der Waals surface area contributed by atoms with Crippen molar-refractivity contribution >= 4 is 23.2 Å². The lowest BCUT2D eigenvalue weighted by molar-refractivity contribution is -0.120. The fourth-order valence-corrected chi connectivity index (χ4v) is 2.06. The van der Waals surface area contributed by atoms with E-state index >= 15 is 0 Å². The average molecular weight is 266 g/mol. The maximum absolute atomic E-state index is 11.6. The van der Waals surface area contributed by atoms with Gasteiger partial charge < -0.3 is 14.8 Å². The van der Waals surface area contributed by atoms with Gasteiger partial charge in [0.05, 0.1) is 19.2 Å². The number of amides is 1. The minimum atomic E-state index is -1.09. The third-order valence-corrected chi connectivity index (χ3v) is 2.97. The van der Waals surface area contributed by atoms with Crippen LogP contribution in [0.25, 0.3) is 0 Å². The molecule has 0 atom stereocenters. The molecule has 0 radical (unpaired) electrons. The third kappa shape index (κ3) is 3.17. The molecule has 0 bridgehead atoms. The molecule has 6 nitrogen and oxygen atoms in total. The fourth-order valence-electron chi connectivity index (χ4n) is 1.29. The van der Waals surface area contributed by atoms with Gasteiger partial charge in [-0.1, -0.05) is 0 Å². The van der Waals surface area contributed by atoms with Gasteiger partial charge in [-0.25, -0.2) is 9.78 Å². The molecule has 1 amide bonds. The predicted octanol–water partition coefficient (Wildman–Crippen LogP) is 1.29. The van der Waals surface area contributed by atoms with Crippen molar-refractivity contribution in [1.29, 1.82) is 0 Å². The minimum absolute atomic E-state index is 0.0335. The summed E-state index contributed by atoms with van der Waals surface area (Å²) in [6.45, 7) is 0.309. The highest BCUT2D eigenvalue weighted by Crippen LogP contribution is 2.10. The molecule has 2 heterocycles. The van der Waals surface area contributed by atoms with Gasteiger partial charge >= 0.3 is 5.97 Å². The van der Waals surface area contributed by atoms with Crippen LogP contribution in [0.3, 0.4) is 0 Å². The maximum atomic E-state index is 11.6. The Balaban J connectivity index is 1.85. The largest absolute Gasteiger partial charge is 0.476 e. The number of carboxylic acid groups (broad SMARTS) is 1. The lowest BCUT2D eigenvalue weighted by Crippen LogP contribution is -2.24. The molecule has 94 valence electrons. The number of nitrogens with zero attached hydrogens (tertiary/aromatic N) is 1. The SMILES string of the molecule is O=C(Cc1nc(C(=O)O)cs1)NCc1ccco1. The minimum Gasteiger partial charge on any atom is -0.476 e. The molecule has 0 fully saturated rings. The molecule has 2 N–H and O–H groups in total. The Kier molecular flexibility index (Phi) is 3.73. The molecule has 0 unspecified atom stereocenters. The van der Waals surface area contributed by atoms with Gasteiger partial charge in [-0.05, 0) is 12.1 Å². The molecular formula is C11H10N2O4S. The summed E-state index contributed by atoms with van der Waals surface area (Å²) in [4.78, 5) is 26.0. The molecule has 2 aromatic heterocycles. The average Bonchev–Trinajstić information content (AvgIpc) is 2.96. The highest BCUT2D eigenvalue weighted by molar-refractivity contribution is 7.09. The molecule has 0 aliphatic rings. The van der Waals surface area contributed by atoms with Crippen molar-refractivity contribution in [2.75, 3.05) is 0 Å². The summed E-state index contributed by atoms with van der Waals surface area (Å²) in [5.74, 6) is -0.653. The van der Waals surface area contributed by atoms with Crippen LogP contribution >= 0.6 is 11.3 Å². The first kappa shape index (κ1) is 12.3. The Hall–Kier alpha value is -2.15. The first-order chi connectivity index (χ1) is 8.65. The van der Waals surface area contributed by atoms with Crippen LogP contribution in [0.2, 0.25) is 0 Å². The summed E-state index contributed by atoms with van der Waals surface area (Å²) in [7, 11) is 0. The van der Waals surface area contributed by atoms with Crippen LogP contribution < -0.4 is 5.32 Å². The van der Waals surface area contributed by atoms with Gasteiger partial charge in [0.1, 0.15) is 10.8 Å². The number of aromatic carboxylic acids is 1. The highest BCUT2D eigenvalue weighted by atomic mass is 32.1. The smallest absolute Gasteiger partial charge is 0.355 e. The van der Waals surface area contributed by atoms with Crippen LogP contribution in [-0.2, 0) is 17.8 Å². The van der Waals surface area contributed by atoms with E-state index in [4.69, 9.17) is 9.52 Å². The number of carboxylic acids is 1. The van der Waals surface area contributed by atoms with Crippen LogP contribution in [0.1, 0.15) is 21.3 Å². The lowest BCUT2D eigenvalue weighted by atomic mass is 10.4. The second-order valence-electron chi connectivity index (χ2n) is 3.46. The van der Waals surface area contributed by atoms with Gasteiger partial charge in [-0.15, -0.1) is 11.3 Å². The van der Waals surface area contributed by atoms with Crippen molar-refractivity contribution in [3.8, 4) is 0 Å². The molecule has 0 aliphatic heterocycles. The van der Waals surface area contributed by atoms with Gasteiger partial charge in [-0.3, -0.25) is 4.79 Å².